The molecule has 6 nitrogen and oxygen atoms in total. The van der Waals surface area contributed by atoms with Gasteiger partial charge in [-0.3, -0.25) is 14.9 Å². The third kappa shape index (κ3) is 3.73. The number of ether oxygens (including phenoxy) is 1. The van der Waals surface area contributed by atoms with E-state index < -0.39 is 10.8 Å². The van der Waals surface area contributed by atoms with Gasteiger partial charge >= 0.3 is 0 Å². The van der Waals surface area contributed by atoms with Gasteiger partial charge in [-0.1, -0.05) is 17.7 Å². The lowest BCUT2D eigenvalue weighted by Crippen LogP contribution is -2.13. The minimum Gasteiger partial charge on any atom is -0.494 e. The van der Waals surface area contributed by atoms with Crippen LogP contribution in [0.15, 0.2) is 42.5 Å². The molecule has 0 aliphatic rings. The summed E-state index contributed by atoms with van der Waals surface area (Å²) < 4.78 is 5.32. The minimum atomic E-state index is -0.599. The lowest BCUT2D eigenvalue weighted by Gasteiger charge is -2.08. The second-order valence-corrected chi connectivity index (χ2v) is 4.77. The summed E-state index contributed by atoms with van der Waals surface area (Å²) >= 11 is 5.74. The molecule has 0 radical (unpaired) electrons. The van der Waals surface area contributed by atoms with E-state index >= 15 is 0 Å². The molecular weight excluding hydrogens is 308 g/mol. The van der Waals surface area contributed by atoms with Crippen LogP contribution >= 0.6 is 11.6 Å². The highest BCUT2D eigenvalue weighted by atomic mass is 35.5. The molecule has 1 amide bonds. The third-order valence-corrected chi connectivity index (χ3v) is 3.05. The van der Waals surface area contributed by atoms with Crippen molar-refractivity contribution in [3.8, 4) is 5.75 Å². The van der Waals surface area contributed by atoms with Crippen molar-refractivity contribution in [3.63, 3.8) is 0 Å². The van der Waals surface area contributed by atoms with Crippen LogP contribution in [0, 0.1) is 10.1 Å². The summed E-state index contributed by atoms with van der Waals surface area (Å²) in [5.41, 5.74) is 0.165. The van der Waals surface area contributed by atoms with Crippen LogP contribution in [0.25, 0.3) is 0 Å². The van der Waals surface area contributed by atoms with Crippen LogP contribution in [-0.4, -0.2) is 17.4 Å². The molecule has 0 heterocycles. The first-order valence-corrected chi connectivity index (χ1v) is 6.87. The summed E-state index contributed by atoms with van der Waals surface area (Å²) in [6, 6.07) is 10.6. The molecule has 0 aromatic heterocycles. The van der Waals surface area contributed by atoms with E-state index in [1.54, 1.807) is 24.3 Å². The number of benzene rings is 2. The van der Waals surface area contributed by atoms with Crippen LogP contribution in [0.3, 0.4) is 0 Å². The van der Waals surface area contributed by atoms with Crippen molar-refractivity contribution in [1.82, 2.24) is 0 Å². The Morgan fingerprint density at radius 2 is 2.09 bits per heavy atom. The van der Waals surface area contributed by atoms with Crippen molar-refractivity contribution in [3.05, 3.63) is 63.2 Å². The molecule has 0 saturated carbocycles. The lowest BCUT2D eigenvalue weighted by atomic mass is 10.2. The molecule has 0 aliphatic carbocycles. The summed E-state index contributed by atoms with van der Waals surface area (Å²) in [6.07, 6.45) is 0. The maximum atomic E-state index is 12.2. The van der Waals surface area contributed by atoms with Crippen molar-refractivity contribution >= 4 is 28.9 Å². The van der Waals surface area contributed by atoms with Crippen molar-refractivity contribution < 1.29 is 14.5 Å². The first-order valence-electron chi connectivity index (χ1n) is 6.49. The number of nitrogens with one attached hydrogen (secondary N) is 1. The number of halogens is 1. The molecule has 0 spiro atoms. The number of rotatable bonds is 5. The molecule has 7 heteroatoms. The van der Waals surface area contributed by atoms with Gasteiger partial charge in [-0.25, -0.2) is 0 Å². The summed E-state index contributed by atoms with van der Waals surface area (Å²) in [6.45, 7) is 2.32. The van der Waals surface area contributed by atoms with Crippen LogP contribution in [0.2, 0.25) is 5.02 Å². The zero-order valence-corrected chi connectivity index (χ0v) is 12.5. The number of hydrogen-bond acceptors (Lipinski definition) is 4. The molecule has 2 aromatic rings. The minimum absolute atomic E-state index is 0.0845. The van der Waals surface area contributed by atoms with Gasteiger partial charge < -0.3 is 10.1 Å². The average molecular weight is 321 g/mol. The molecule has 1 N–H and O–H groups in total. The Balaban J connectivity index is 2.25. The quantitative estimate of drug-likeness (QED) is 0.669. The number of hydrogen-bond donors (Lipinski definition) is 1. The van der Waals surface area contributed by atoms with E-state index in [4.69, 9.17) is 16.3 Å². The van der Waals surface area contributed by atoms with Crippen molar-refractivity contribution in [2.24, 2.45) is 0 Å². The van der Waals surface area contributed by atoms with Gasteiger partial charge in [0.15, 0.2) is 0 Å². The maximum Gasteiger partial charge on any atom is 0.294 e. The average Bonchev–Trinajstić information content (AvgIpc) is 2.49. The predicted molar refractivity (Wildman–Crippen MR) is 83.7 cm³/mol. The standard InChI is InChI=1S/C15H13ClN2O4/c1-2-22-12-5-3-4-10(8-12)15(19)17-13-7-6-11(16)9-14(13)18(20)21/h3-9H,2H2,1H3,(H,17,19). The highest BCUT2D eigenvalue weighted by molar-refractivity contribution is 6.31. The van der Waals surface area contributed by atoms with Gasteiger partial charge in [0.2, 0.25) is 0 Å². The van der Waals surface area contributed by atoms with E-state index in [1.165, 1.54) is 18.2 Å². The summed E-state index contributed by atoms with van der Waals surface area (Å²) in [5, 5.41) is 13.7. The Hall–Kier alpha value is -2.60. The number of nitrogens with zero attached hydrogens (tertiary/aromatic N) is 1. The normalized spacial score (nSPS) is 10.1. The van der Waals surface area contributed by atoms with E-state index in [1.807, 2.05) is 6.92 Å². The van der Waals surface area contributed by atoms with Crippen LogP contribution in [0.5, 0.6) is 5.75 Å². The van der Waals surface area contributed by atoms with Crippen LogP contribution < -0.4 is 10.1 Å². The number of nitro groups is 1. The highest BCUT2D eigenvalue weighted by Crippen LogP contribution is 2.28. The second-order valence-electron chi connectivity index (χ2n) is 4.33. The smallest absolute Gasteiger partial charge is 0.294 e. The summed E-state index contributed by atoms with van der Waals surface area (Å²) in [4.78, 5) is 22.6. The van der Waals surface area contributed by atoms with Gasteiger partial charge in [0, 0.05) is 16.7 Å². The van der Waals surface area contributed by atoms with E-state index in [2.05, 4.69) is 5.32 Å². The molecular formula is C15H13ClN2O4. The Kier molecular flexibility index (Phi) is 4.95. The number of carbonyl (C=O) groups excluding carboxylic acids is 1. The van der Waals surface area contributed by atoms with E-state index in [9.17, 15) is 14.9 Å². The maximum absolute atomic E-state index is 12.2. The molecule has 0 bridgehead atoms. The molecule has 0 atom stereocenters. The first kappa shape index (κ1) is 15.8. The van der Waals surface area contributed by atoms with Crippen molar-refractivity contribution in [2.75, 3.05) is 11.9 Å². The topological polar surface area (TPSA) is 81.5 Å². The molecule has 0 fully saturated rings. The Morgan fingerprint density at radius 3 is 2.77 bits per heavy atom. The van der Waals surface area contributed by atoms with E-state index in [0.29, 0.717) is 17.9 Å². The van der Waals surface area contributed by atoms with Gasteiger partial charge in [-0.15, -0.1) is 0 Å². The van der Waals surface area contributed by atoms with Gasteiger partial charge in [-0.05, 0) is 37.3 Å². The summed E-state index contributed by atoms with van der Waals surface area (Å²) in [7, 11) is 0. The van der Waals surface area contributed by atoms with Crippen LogP contribution in [0.4, 0.5) is 11.4 Å². The monoisotopic (exact) mass is 320 g/mol. The van der Waals surface area contributed by atoms with Crippen LogP contribution in [0.1, 0.15) is 17.3 Å². The Labute approximate surface area is 131 Å². The highest BCUT2D eigenvalue weighted by Gasteiger charge is 2.17. The fourth-order valence-corrected chi connectivity index (χ4v) is 2.02. The molecule has 2 aromatic carbocycles. The molecule has 0 aliphatic heterocycles. The number of amides is 1. The molecule has 0 saturated heterocycles. The van der Waals surface area contributed by atoms with Gasteiger partial charge in [-0.2, -0.15) is 0 Å². The van der Waals surface area contributed by atoms with E-state index in [-0.39, 0.29) is 16.4 Å². The Morgan fingerprint density at radius 1 is 1.32 bits per heavy atom. The van der Waals surface area contributed by atoms with Crippen LogP contribution in [-0.2, 0) is 0 Å². The SMILES string of the molecule is CCOc1cccc(C(=O)Nc2ccc(Cl)cc2[N+](=O)[O-])c1. The van der Waals surface area contributed by atoms with Crippen molar-refractivity contribution in [2.45, 2.75) is 6.92 Å². The van der Waals surface area contributed by atoms with E-state index in [0.717, 1.165) is 0 Å². The number of nitro benzene ring substituents is 1. The fraction of sp³-hybridized carbons (Fsp3) is 0.133. The lowest BCUT2D eigenvalue weighted by molar-refractivity contribution is -0.383. The Bertz CT molecular complexity index is 718. The molecule has 114 valence electrons. The molecule has 22 heavy (non-hydrogen) atoms. The number of carbonyl (C=O) groups is 1. The van der Waals surface area contributed by atoms with Gasteiger partial charge in [0.25, 0.3) is 11.6 Å². The third-order valence-electron chi connectivity index (χ3n) is 2.81. The molecule has 0 unspecified atom stereocenters. The zero-order valence-electron chi connectivity index (χ0n) is 11.7. The van der Waals surface area contributed by atoms with Gasteiger partial charge in [0.1, 0.15) is 11.4 Å². The summed E-state index contributed by atoms with van der Waals surface area (Å²) in [5.74, 6) is 0.0905. The fourth-order valence-electron chi connectivity index (χ4n) is 1.85. The predicted octanol–water partition coefficient (Wildman–Crippen LogP) is 3.90. The van der Waals surface area contributed by atoms with Gasteiger partial charge in [0.05, 0.1) is 11.5 Å². The number of anilines is 1. The first-order chi connectivity index (χ1) is 10.5. The van der Waals surface area contributed by atoms with Crippen molar-refractivity contribution in [1.29, 1.82) is 0 Å². The molecule has 2 rings (SSSR count). The second kappa shape index (κ2) is 6.91. The largest absolute Gasteiger partial charge is 0.494 e. The zero-order chi connectivity index (χ0) is 16.1.